The van der Waals surface area contributed by atoms with Gasteiger partial charge in [-0.05, 0) is 60.4 Å². The molecule has 2 N–H and O–H groups in total. The maximum atomic E-state index is 9.89. The third-order valence-corrected chi connectivity index (χ3v) is 4.09. The lowest BCUT2D eigenvalue weighted by molar-refractivity contribution is 0.415. The number of phenols is 1. The van der Waals surface area contributed by atoms with Crippen molar-refractivity contribution in [3.63, 3.8) is 0 Å². The maximum Gasteiger partial charge on any atom is 0.121 e. The molecule has 0 saturated heterocycles. The summed E-state index contributed by atoms with van der Waals surface area (Å²) in [6.45, 7) is 3.85. The zero-order valence-electron chi connectivity index (χ0n) is 13.1. The van der Waals surface area contributed by atoms with Crippen LogP contribution in [0.2, 0.25) is 0 Å². The third-order valence-electron chi connectivity index (χ3n) is 4.09. The summed E-state index contributed by atoms with van der Waals surface area (Å²) in [7, 11) is 1.66. The van der Waals surface area contributed by atoms with Gasteiger partial charge in [-0.3, -0.25) is 0 Å². The molecule has 0 radical (unpaired) electrons. The Kier molecular flexibility index (Phi) is 3.75. The van der Waals surface area contributed by atoms with Crippen molar-refractivity contribution in [1.82, 2.24) is 5.43 Å². The standard InChI is InChI=1S/C18H20N2O2/c1-11-8-14(9-12(2)18(11)21)17-10-16(19-20-17)13-4-6-15(22-3)7-5-13/h4-9,17,20-21H,10H2,1-3H3. The number of benzene rings is 2. The minimum atomic E-state index is 0.148. The van der Waals surface area contributed by atoms with Gasteiger partial charge in [-0.15, -0.1) is 0 Å². The summed E-state index contributed by atoms with van der Waals surface area (Å²) >= 11 is 0. The van der Waals surface area contributed by atoms with Gasteiger partial charge in [-0.25, -0.2) is 0 Å². The molecule has 1 heterocycles. The Morgan fingerprint density at radius 3 is 2.36 bits per heavy atom. The number of aryl methyl sites for hydroxylation is 2. The predicted molar refractivity (Wildman–Crippen MR) is 87.6 cm³/mol. The summed E-state index contributed by atoms with van der Waals surface area (Å²) in [6, 6.07) is 12.1. The number of rotatable bonds is 3. The molecule has 0 aromatic heterocycles. The molecule has 4 nitrogen and oxygen atoms in total. The number of hydrogen-bond donors (Lipinski definition) is 2. The Hall–Kier alpha value is -2.49. The van der Waals surface area contributed by atoms with E-state index in [1.165, 1.54) is 0 Å². The highest BCUT2D eigenvalue weighted by atomic mass is 16.5. The van der Waals surface area contributed by atoms with Crippen LogP contribution in [0, 0.1) is 13.8 Å². The Labute approximate surface area is 130 Å². The summed E-state index contributed by atoms with van der Waals surface area (Å²) in [5.41, 5.74) is 8.29. The predicted octanol–water partition coefficient (Wildman–Crippen LogP) is 3.46. The molecule has 0 bridgehead atoms. The maximum absolute atomic E-state index is 9.89. The second-order valence-corrected chi connectivity index (χ2v) is 5.68. The molecular formula is C18H20N2O2. The number of hydrazone groups is 1. The number of nitrogens with zero attached hydrogens (tertiary/aromatic N) is 1. The van der Waals surface area contributed by atoms with E-state index in [2.05, 4.69) is 10.5 Å². The number of aromatic hydroxyl groups is 1. The van der Waals surface area contributed by atoms with Gasteiger partial charge in [0.1, 0.15) is 11.5 Å². The van der Waals surface area contributed by atoms with Crippen LogP contribution in [-0.4, -0.2) is 17.9 Å². The first kappa shape index (κ1) is 14.4. The Morgan fingerprint density at radius 1 is 1.14 bits per heavy atom. The van der Waals surface area contributed by atoms with Gasteiger partial charge >= 0.3 is 0 Å². The van der Waals surface area contributed by atoms with Gasteiger partial charge in [0.25, 0.3) is 0 Å². The van der Waals surface area contributed by atoms with Crippen molar-refractivity contribution < 1.29 is 9.84 Å². The second-order valence-electron chi connectivity index (χ2n) is 5.68. The summed E-state index contributed by atoms with van der Waals surface area (Å²) in [5.74, 6) is 1.22. The van der Waals surface area contributed by atoms with Gasteiger partial charge in [0.15, 0.2) is 0 Å². The highest BCUT2D eigenvalue weighted by Gasteiger charge is 2.22. The molecule has 0 spiro atoms. The first-order valence-electron chi connectivity index (χ1n) is 7.35. The number of phenolic OH excluding ortho intramolecular Hbond substituents is 1. The zero-order chi connectivity index (χ0) is 15.7. The van der Waals surface area contributed by atoms with Crippen LogP contribution in [0.1, 0.15) is 34.7 Å². The lowest BCUT2D eigenvalue weighted by Crippen LogP contribution is -2.10. The third kappa shape index (κ3) is 2.64. The van der Waals surface area contributed by atoms with Crippen LogP contribution in [0.4, 0.5) is 0 Å². The van der Waals surface area contributed by atoms with E-state index in [0.29, 0.717) is 5.75 Å². The van der Waals surface area contributed by atoms with E-state index < -0.39 is 0 Å². The van der Waals surface area contributed by atoms with Gasteiger partial charge < -0.3 is 15.3 Å². The van der Waals surface area contributed by atoms with E-state index in [1.54, 1.807) is 7.11 Å². The van der Waals surface area contributed by atoms with Crippen LogP contribution >= 0.6 is 0 Å². The molecule has 2 aromatic rings. The highest BCUT2D eigenvalue weighted by molar-refractivity contribution is 6.01. The molecule has 2 aromatic carbocycles. The summed E-state index contributed by atoms with van der Waals surface area (Å²) in [6.07, 6.45) is 0.829. The van der Waals surface area contributed by atoms with Crippen LogP contribution < -0.4 is 10.2 Å². The lowest BCUT2D eigenvalue weighted by atomic mass is 9.96. The van der Waals surface area contributed by atoms with Crippen molar-refractivity contribution in [3.8, 4) is 11.5 Å². The van der Waals surface area contributed by atoms with E-state index >= 15 is 0 Å². The summed E-state index contributed by atoms with van der Waals surface area (Å²) in [4.78, 5) is 0. The van der Waals surface area contributed by atoms with Crippen LogP contribution in [0.5, 0.6) is 11.5 Å². The van der Waals surface area contributed by atoms with Gasteiger partial charge in [-0.2, -0.15) is 5.10 Å². The molecule has 22 heavy (non-hydrogen) atoms. The van der Waals surface area contributed by atoms with E-state index in [1.807, 2.05) is 50.2 Å². The Bertz CT molecular complexity index is 697. The SMILES string of the molecule is COc1ccc(C2=NNC(c3cc(C)c(O)c(C)c3)C2)cc1. The largest absolute Gasteiger partial charge is 0.507 e. The summed E-state index contributed by atoms with van der Waals surface area (Å²) < 4.78 is 5.18. The molecule has 114 valence electrons. The van der Waals surface area contributed by atoms with E-state index in [-0.39, 0.29) is 6.04 Å². The number of nitrogens with one attached hydrogen (secondary N) is 1. The molecule has 1 aliphatic rings. The fourth-order valence-corrected chi connectivity index (χ4v) is 2.79. The molecular weight excluding hydrogens is 276 g/mol. The molecule has 0 fully saturated rings. The minimum Gasteiger partial charge on any atom is -0.507 e. The van der Waals surface area contributed by atoms with Crippen LogP contribution in [-0.2, 0) is 0 Å². The average Bonchev–Trinajstić information content (AvgIpc) is 3.02. The van der Waals surface area contributed by atoms with Gasteiger partial charge in [0.2, 0.25) is 0 Å². The van der Waals surface area contributed by atoms with Gasteiger partial charge in [0.05, 0.1) is 18.9 Å². The van der Waals surface area contributed by atoms with E-state index in [9.17, 15) is 5.11 Å². The molecule has 1 atom stereocenters. The molecule has 0 saturated carbocycles. The van der Waals surface area contributed by atoms with Crippen LogP contribution in [0.3, 0.4) is 0 Å². The molecule has 4 heteroatoms. The van der Waals surface area contributed by atoms with Gasteiger partial charge in [0, 0.05) is 6.42 Å². The van der Waals surface area contributed by atoms with Gasteiger partial charge in [-0.1, -0.05) is 12.1 Å². The van der Waals surface area contributed by atoms with Crippen molar-refractivity contribution >= 4 is 5.71 Å². The second kappa shape index (κ2) is 5.72. The highest BCUT2D eigenvalue weighted by Crippen LogP contribution is 2.30. The molecule has 0 amide bonds. The first-order chi connectivity index (χ1) is 10.6. The van der Waals surface area contributed by atoms with Crippen molar-refractivity contribution in [2.24, 2.45) is 5.10 Å². The minimum absolute atomic E-state index is 0.148. The number of hydrogen-bond acceptors (Lipinski definition) is 4. The van der Waals surface area contributed by atoms with Crippen molar-refractivity contribution in [1.29, 1.82) is 0 Å². The average molecular weight is 296 g/mol. The van der Waals surface area contributed by atoms with Crippen LogP contribution in [0.15, 0.2) is 41.5 Å². The van der Waals surface area contributed by atoms with Crippen molar-refractivity contribution in [2.45, 2.75) is 26.3 Å². The molecule has 3 rings (SSSR count). The number of ether oxygens (including phenoxy) is 1. The van der Waals surface area contributed by atoms with E-state index in [4.69, 9.17) is 4.74 Å². The molecule has 0 aliphatic carbocycles. The Balaban J connectivity index is 1.79. The lowest BCUT2D eigenvalue weighted by Gasteiger charge is -2.13. The van der Waals surface area contributed by atoms with Crippen LogP contribution in [0.25, 0.3) is 0 Å². The Morgan fingerprint density at radius 2 is 1.77 bits per heavy atom. The number of methoxy groups -OCH3 is 1. The molecule has 1 unspecified atom stereocenters. The topological polar surface area (TPSA) is 53.8 Å². The summed E-state index contributed by atoms with van der Waals surface area (Å²) in [5, 5.41) is 14.4. The molecule has 1 aliphatic heterocycles. The zero-order valence-corrected chi connectivity index (χ0v) is 13.1. The monoisotopic (exact) mass is 296 g/mol. The van der Waals surface area contributed by atoms with Crippen molar-refractivity contribution in [2.75, 3.05) is 7.11 Å². The van der Waals surface area contributed by atoms with E-state index in [0.717, 1.165) is 40.1 Å². The first-order valence-corrected chi connectivity index (χ1v) is 7.35. The quantitative estimate of drug-likeness (QED) is 0.912. The smallest absolute Gasteiger partial charge is 0.121 e. The normalized spacial score (nSPS) is 17.0. The fraction of sp³-hybridized carbons (Fsp3) is 0.278. The fourth-order valence-electron chi connectivity index (χ4n) is 2.79. The van der Waals surface area contributed by atoms with Crippen molar-refractivity contribution in [3.05, 3.63) is 58.7 Å².